The fourth-order valence-electron chi connectivity index (χ4n) is 1.17. The molecule has 0 amide bonds. The predicted molar refractivity (Wildman–Crippen MR) is 59.2 cm³/mol. The van der Waals surface area contributed by atoms with E-state index >= 15 is 0 Å². The minimum Gasteiger partial charge on any atom is -0.490 e. The lowest BCUT2D eigenvalue weighted by Crippen LogP contribution is -2.02. The zero-order chi connectivity index (χ0) is 11.1. The third-order valence-electron chi connectivity index (χ3n) is 2.01. The van der Waals surface area contributed by atoms with E-state index in [0.717, 1.165) is 25.4 Å². The summed E-state index contributed by atoms with van der Waals surface area (Å²) in [6.07, 6.45) is 4.59. The predicted octanol–water partition coefficient (Wildman–Crippen LogP) is 2.27. The van der Waals surface area contributed by atoms with E-state index in [1.807, 2.05) is 17.8 Å². The van der Waals surface area contributed by atoms with Gasteiger partial charge in [0, 0.05) is 25.7 Å². The van der Waals surface area contributed by atoms with Gasteiger partial charge in [0.1, 0.15) is 0 Å². The molecule has 0 aliphatic rings. The van der Waals surface area contributed by atoms with Crippen LogP contribution in [0.25, 0.3) is 0 Å². The molecule has 1 aromatic rings. The molecule has 15 heavy (non-hydrogen) atoms. The summed E-state index contributed by atoms with van der Waals surface area (Å²) >= 11 is 0. The third-order valence-corrected chi connectivity index (χ3v) is 2.01. The Kier molecular flexibility index (Phi) is 5.18. The molecule has 0 saturated carbocycles. The summed E-state index contributed by atoms with van der Waals surface area (Å²) in [6, 6.07) is 0.380. The monoisotopic (exact) mass is 212 g/mol. The molecule has 1 aromatic heterocycles. The van der Waals surface area contributed by atoms with Crippen molar-refractivity contribution in [3.8, 4) is 5.75 Å². The fourth-order valence-corrected chi connectivity index (χ4v) is 1.17. The Hall–Kier alpha value is -1.03. The molecule has 0 unspecified atom stereocenters. The summed E-state index contributed by atoms with van der Waals surface area (Å²) in [4.78, 5) is 0. The van der Waals surface area contributed by atoms with Gasteiger partial charge in [-0.05, 0) is 20.8 Å². The van der Waals surface area contributed by atoms with Crippen molar-refractivity contribution in [1.82, 2.24) is 9.78 Å². The van der Waals surface area contributed by atoms with Crippen molar-refractivity contribution in [2.75, 3.05) is 19.8 Å². The molecule has 0 radical (unpaired) electrons. The van der Waals surface area contributed by atoms with Gasteiger partial charge in [-0.3, -0.25) is 4.68 Å². The van der Waals surface area contributed by atoms with Crippen LogP contribution in [-0.2, 0) is 4.74 Å². The van der Waals surface area contributed by atoms with Gasteiger partial charge in [-0.1, -0.05) is 0 Å². The van der Waals surface area contributed by atoms with Crippen molar-refractivity contribution in [3.63, 3.8) is 0 Å². The van der Waals surface area contributed by atoms with Crippen LogP contribution in [0.1, 0.15) is 33.2 Å². The van der Waals surface area contributed by atoms with Crippen LogP contribution in [0.4, 0.5) is 0 Å². The molecule has 4 heteroatoms. The summed E-state index contributed by atoms with van der Waals surface area (Å²) in [5, 5.41) is 4.19. The quantitative estimate of drug-likeness (QED) is 0.650. The summed E-state index contributed by atoms with van der Waals surface area (Å²) in [6.45, 7) is 8.38. The van der Waals surface area contributed by atoms with Crippen LogP contribution in [0, 0.1) is 0 Å². The van der Waals surface area contributed by atoms with Crippen LogP contribution in [0.5, 0.6) is 5.75 Å². The normalized spacial score (nSPS) is 10.9. The number of hydrogen-bond acceptors (Lipinski definition) is 3. The van der Waals surface area contributed by atoms with Gasteiger partial charge in [-0.15, -0.1) is 0 Å². The maximum absolute atomic E-state index is 5.52. The summed E-state index contributed by atoms with van der Waals surface area (Å²) < 4.78 is 12.6. The maximum atomic E-state index is 5.52. The van der Waals surface area contributed by atoms with Crippen molar-refractivity contribution in [1.29, 1.82) is 0 Å². The highest BCUT2D eigenvalue weighted by atomic mass is 16.5. The van der Waals surface area contributed by atoms with Gasteiger partial charge < -0.3 is 9.47 Å². The van der Waals surface area contributed by atoms with E-state index < -0.39 is 0 Å². The Labute approximate surface area is 91.2 Å². The van der Waals surface area contributed by atoms with E-state index in [1.54, 1.807) is 6.20 Å². The number of nitrogens with zero attached hydrogens (tertiary/aromatic N) is 2. The van der Waals surface area contributed by atoms with Gasteiger partial charge in [0.25, 0.3) is 0 Å². The van der Waals surface area contributed by atoms with E-state index in [4.69, 9.17) is 9.47 Å². The molecule has 0 aliphatic heterocycles. The average molecular weight is 212 g/mol. The van der Waals surface area contributed by atoms with Crippen molar-refractivity contribution >= 4 is 0 Å². The van der Waals surface area contributed by atoms with Gasteiger partial charge in [0.2, 0.25) is 0 Å². The highest BCUT2D eigenvalue weighted by Gasteiger charge is 2.01. The molecule has 0 aromatic carbocycles. The van der Waals surface area contributed by atoms with Gasteiger partial charge in [0.15, 0.2) is 5.75 Å². The zero-order valence-electron chi connectivity index (χ0n) is 9.77. The van der Waals surface area contributed by atoms with Crippen LogP contribution in [-0.4, -0.2) is 29.6 Å². The van der Waals surface area contributed by atoms with E-state index in [2.05, 4.69) is 18.9 Å². The maximum Gasteiger partial charge on any atom is 0.157 e. The molecule has 86 valence electrons. The molecule has 0 fully saturated rings. The van der Waals surface area contributed by atoms with Crippen molar-refractivity contribution in [2.45, 2.75) is 33.2 Å². The van der Waals surface area contributed by atoms with Gasteiger partial charge in [0.05, 0.1) is 19.0 Å². The molecule has 0 aliphatic carbocycles. The Morgan fingerprint density at radius 3 is 2.80 bits per heavy atom. The Morgan fingerprint density at radius 2 is 2.20 bits per heavy atom. The van der Waals surface area contributed by atoms with E-state index in [9.17, 15) is 0 Å². The lowest BCUT2D eigenvalue weighted by molar-refractivity contribution is 0.131. The van der Waals surface area contributed by atoms with Crippen LogP contribution in [0.3, 0.4) is 0 Å². The topological polar surface area (TPSA) is 36.3 Å². The minimum absolute atomic E-state index is 0.380. The first-order chi connectivity index (χ1) is 7.24. The van der Waals surface area contributed by atoms with Crippen molar-refractivity contribution in [2.24, 2.45) is 0 Å². The van der Waals surface area contributed by atoms with E-state index in [1.165, 1.54) is 0 Å². The second-order valence-corrected chi connectivity index (χ2v) is 3.65. The summed E-state index contributed by atoms with van der Waals surface area (Å²) in [5.74, 6) is 0.834. The molecular weight excluding hydrogens is 192 g/mol. The standard InChI is InChI=1S/C11H20N2O2/c1-4-14-6-5-7-15-11-8-12-13(9-11)10(2)3/h8-10H,4-7H2,1-3H3. The van der Waals surface area contributed by atoms with Gasteiger partial charge in [-0.2, -0.15) is 5.10 Å². The summed E-state index contributed by atoms with van der Waals surface area (Å²) in [5.41, 5.74) is 0. The van der Waals surface area contributed by atoms with Crippen LogP contribution in [0.2, 0.25) is 0 Å². The third kappa shape index (κ3) is 4.34. The van der Waals surface area contributed by atoms with Gasteiger partial charge in [-0.25, -0.2) is 0 Å². The molecule has 4 nitrogen and oxygen atoms in total. The second-order valence-electron chi connectivity index (χ2n) is 3.65. The molecule has 1 heterocycles. The molecule has 0 atom stereocenters. The average Bonchev–Trinajstić information content (AvgIpc) is 2.66. The van der Waals surface area contributed by atoms with Crippen LogP contribution < -0.4 is 4.74 Å². The van der Waals surface area contributed by atoms with Crippen molar-refractivity contribution < 1.29 is 9.47 Å². The second kappa shape index (κ2) is 6.45. The lowest BCUT2D eigenvalue weighted by Gasteiger charge is -2.04. The molecule has 0 saturated heterocycles. The fraction of sp³-hybridized carbons (Fsp3) is 0.727. The first-order valence-electron chi connectivity index (χ1n) is 5.48. The Bertz CT molecular complexity index is 271. The largest absolute Gasteiger partial charge is 0.490 e. The molecule has 0 spiro atoms. The first-order valence-corrected chi connectivity index (χ1v) is 5.48. The number of ether oxygens (including phenoxy) is 2. The highest BCUT2D eigenvalue weighted by Crippen LogP contribution is 2.12. The Morgan fingerprint density at radius 1 is 1.40 bits per heavy atom. The Balaban J connectivity index is 2.20. The summed E-state index contributed by atoms with van der Waals surface area (Å²) in [7, 11) is 0. The van der Waals surface area contributed by atoms with Crippen LogP contribution in [0.15, 0.2) is 12.4 Å². The van der Waals surface area contributed by atoms with Crippen molar-refractivity contribution in [3.05, 3.63) is 12.4 Å². The first kappa shape index (κ1) is 12.0. The molecular formula is C11H20N2O2. The molecule has 0 N–H and O–H groups in total. The van der Waals surface area contributed by atoms with E-state index in [-0.39, 0.29) is 0 Å². The number of rotatable bonds is 7. The lowest BCUT2D eigenvalue weighted by atomic mass is 10.4. The highest BCUT2D eigenvalue weighted by molar-refractivity contribution is 5.11. The smallest absolute Gasteiger partial charge is 0.157 e. The SMILES string of the molecule is CCOCCCOc1cnn(C(C)C)c1. The van der Waals surface area contributed by atoms with E-state index in [0.29, 0.717) is 12.6 Å². The molecule has 1 rings (SSSR count). The minimum atomic E-state index is 0.380. The van der Waals surface area contributed by atoms with Gasteiger partial charge >= 0.3 is 0 Å². The van der Waals surface area contributed by atoms with Crippen LogP contribution >= 0.6 is 0 Å². The number of aromatic nitrogens is 2. The zero-order valence-corrected chi connectivity index (χ0v) is 9.77. The number of hydrogen-bond donors (Lipinski definition) is 0. The molecule has 0 bridgehead atoms.